The summed E-state index contributed by atoms with van der Waals surface area (Å²) in [6, 6.07) is 20.8. The lowest BCUT2D eigenvalue weighted by molar-refractivity contribution is -0.147. The van der Waals surface area contributed by atoms with Crippen LogP contribution < -0.4 is 20.1 Å². The van der Waals surface area contributed by atoms with Crippen LogP contribution in [0.2, 0.25) is 5.02 Å². The number of ether oxygens (including phenoxy) is 3. The van der Waals surface area contributed by atoms with Gasteiger partial charge < -0.3 is 24.8 Å². The Balaban J connectivity index is 1.33. The molecular weight excluding hydrogens is 472 g/mol. The molecule has 9 heteroatoms. The summed E-state index contributed by atoms with van der Waals surface area (Å²) in [4.78, 5) is 36.0. The first-order valence-corrected chi connectivity index (χ1v) is 11.2. The average Bonchev–Trinajstić information content (AvgIpc) is 2.85. The van der Waals surface area contributed by atoms with Crippen LogP contribution >= 0.6 is 11.6 Å². The molecule has 0 aromatic heterocycles. The zero-order valence-electron chi connectivity index (χ0n) is 19.1. The minimum Gasteiger partial charge on any atom is -0.497 e. The summed E-state index contributed by atoms with van der Waals surface area (Å²) in [6.07, 6.45) is 0.434. The molecule has 3 aromatic carbocycles. The second-order valence-corrected chi connectivity index (χ2v) is 7.81. The maximum Gasteiger partial charge on any atom is 0.306 e. The van der Waals surface area contributed by atoms with E-state index in [0.717, 1.165) is 0 Å². The van der Waals surface area contributed by atoms with Crippen molar-refractivity contribution in [1.82, 2.24) is 0 Å². The van der Waals surface area contributed by atoms with Crippen molar-refractivity contribution in [3.05, 3.63) is 77.8 Å². The van der Waals surface area contributed by atoms with Gasteiger partial charge in [-0.05, 0) is 55.0 Å². The highest BCUT2D eigenvalue weighted by Crippen LogP contribution is 2.29. The standard InChI is InChI=1S/C26H25ClN2O6/c1-33-21-7-4-6-19(16-21)29-25(31)17-34-26(32)11-5-10-24(30)28-18-12-14-20(15-13-18)35-23-9-3-2-8-22(23)27/h2-4,6-9,12-16H,5,10-11,17H2,1H3,(H,28,30)(H,29,31). The summed E-state index contributed by atoms with van der Waals surface area (Å²) >= 11 is 6.08. The molecule has 0 bridgehead atoms. The highest BCUT2D eigenvalue weighted by molar-refractivity contribution is 6.32. The Morgan fingerprint density at radius 2 is 1.54 bits per heavy atom. The molecule has 2 amide bonds. The summed E-state index contributed by atoms with van der Waals surface area (Å²) in [5, 5.41) is 5.88. The summed E-state index contributed by atoms with van der Waals surface area (Å²) in [7, 11) is 1.53. The van der Waals surface area contributed by atoms with Gasteiger partial charge in [-0.1, -0.05) is 29.8 Å². The molecule has 182 valence electrons. The van der Waals surface area contributed by atoms with E-state index in [1.807, 2.05) is 12.1 Å². The largest absolute Gasteiger partial charge is 0.497 e. The van der Waals surface area contributed by atoms with Gasteiger partial charge in [0.1, 0.15) is 17.2 Å². The third kappa shape index (κ3) is 8.68. The van der Waals surface area contributed by atoms with E-state index in [4.69, 9.17) is 25.8 Å². The van der Waals surface area contributed by atoms with Gasteiger partial charge in [0.25, 0.3) is 5.91 Å². The molecular formula is C26H25ClN2O6. The SMILES string of the molecule is COc1cccc(NC(=O)COC(=O)CCCC(=O)Nc2ccc(Oc3ccccc3Cl)cc2)c1. The van der Waals surface area contributed by atoms with Gasteiger partial charge in [-0.3, -0.25) is 14.4 Å². The van der Waals surface area contributed by atoms with Crippen LogP contribution in [0.25, 0.3) is 0 Å². The van der Waals surface area contributed by atoms with Crippen LogP contribution in [0.4, 0.5) is 11.4 Å². The van der Waals surface area contributed by atoms with Gasteiger partial charge in [-0.25, -0.2) is 0 Å². The molecule has 2 N–H and O–H groups in total. The van der Waals surface area contributed by atoms with Gasteiger partial charge >= 0.3 is 5.97 Å². The van der Waals surface area contributed by atoms with Crippen molar-refractivity contribution >= 4 is 40.8 Å². The second-order valence-electron chi connectivity index (χ2n) is 7.40. The number of anilines is 2. The third-order valence-corrected chi connectivity index (χ3v) is 5.02. The number of halogens is 1. The molecule has 0 atom stereocenters. The number of esters is 1. The van der Waals surface area contributed by atoms with Gasteiger partial charge in [0.05, 0.1) is 12.1 Å². The van der Waals surface area contributed by atoms with E-state index in [1.165, 1.54) is 7.11 Å². The van der Waals surface area contributed by atoms with Crippen LogP contribution in [-0.4, -0.2) is 31.5 Å². The number of hydrogen-bond acceptors (Lipinski definition) is 6. The molecule has 0 saturated heterocycles. The van der Waals surface area contributed by atoms with Gasteiger partial charge in [0, 0.05) is 30.3 Å². The molecule has 0 saturated carbocycles. The maximum absolute atomic E-state index is 12.1. The smallest absolute Gasteiger partial charge is 0.306 e. The fourth-order valence-electron chi connectivity index (χ4n) is 2.99. The molecule has 0 spiro atoms. The highest BCUT2D eigenvalue weighted by Gasteiger charge is 2.10. The van der Waals surface area contributed by atoms with Crippen molar-refractivity contribution in [2.45, 2.75) is 19.3 Å². The Bertz CT molecular complexity index is 1170. The number of hydrogen-bond donors (Lipinski definition) is 2. The maximum atomic E-state index is 12.1. The molecule has 35 heavy (non-hydrogen) atoms. The molecule has 3 rings (SSSR count). The number of nitrogens with one attached hydrogen (secondary N) is 2. The number of rotatable bonds is 11. The average molecular weight is 497 g/mol. The zero-order chi connectivity index (χ0) is 25.0. The van der Waals surface area contributed by atoms with E-state index in [9.17, 15) is 14.4 Å². The Labute approximate surface area is 208 Å². The number of amides is 2. The number of para-hydroxylation sites is 1. The van der Waals surface area contributed by atoms with Crippen LogP contribution in [0.3, 0.4) is 0 Å². The Morgan fingerprint density at radius 1 is 0.800 bits per heavy atom. The van der Waals surface area contributed by atoms with E-state index in [1.54, 1.807) is 60.7 Å². The van der Waals surface area contributed by atoms with Crippen molar-refractivity contribution in [1.29, 1.82) is 0 Å². The van der Waals surface area contributed by atoms with E-state index in [0.29, 0.717) is 33.6 Å². The highest BCUT2D eigenvalue weighted by atomic mass is 35.5. The minimum absolute atomic E-state index is 0.0183. The topological polar surface area (TPSA) is 103 Å². The summed E-state index contributed by atoms with van der Waals surface area (Å²) in [5.41, 5.74) is 1.13. The van der Waals surface area contributed by atoms with Crippen LogP contribution in [0.5, 0.6) is 17.2 Å². The van der Waals surface area contributed by atoms with Crippen molar-refractivity contribution in [3.63, 3.8) is 0 Å². The van der Waals surface area contributed by atoms with Gasteiger partial charge in [0.15, 0.2) is 6.61 Å². The first kappa shape index (κ1) is 25.6. The van der Waals surface area contributed by atoms with E-state index < -0.39 is 18.5 Å². The van der Waals surface area contributed by atoms with Crippen LogP contribution in [0.15, 0.2) is 72.8 Å². The first-order valence-electron chi connectivity index (χ1n) is 10.8. The van der Waals surface area contributed by atoms with E-state index in [2.05, 4.69) is 10.6 Å². The lowest BCUT2D eigenvalue weighted by atomic mass is 10.2. The summed E-state index contributed by atoms with van der Waals surface area (Å²) in [6.45, 7) is -0.412. The van der Waals surface area contributed by atoms with E-state index >= 15 is 0 Å². The van der Waals surface area contributed by atoms with Crippen LogP contribution in [0, 0.1) is 0 Å². The van der Waals surface area contributed by atoms with Gasteiger partial charge in [-0.15, -0.1) is 0 Å². The van der Waals surface area contributed by atoms with Crippen molar-refractivity contribution in [2.75, 3.05) is 24.4 Å². The molecule has 0 fully saturated rings. The molecule has 0 heterocycles. The normalized spacial score (nSPS) is 10.2. The molecule has 0 aliphatic heterocycles. The zero-order valence-corrected chi connectivity index (χ0v) is 19.8. The quantitative estimate of drug-likeness (QED) is 0.343. The van der Waals surface area contributed by atoms with Crippen molar-refractivity contribution < 1.29 is 28.6 Å². The Morgan fingerprint density at radius 3 is 2.29 bits per heavy atom. The fraction of sp³-hybridized carbons (Fsp3) is 0.192. The van der Waals surface area contributed by atoms with Gasteiger partial charge in [0.2, 0.25) is 5.91 Å². The lowest BCUT2D eigenvalue weighted by Gasteiger charge is -2.09. The molecule has 0 unspecified atom stereocenters. The molecule has 3 aromatic rings. The monoisotopic (exact) mass is 496 g/mol. The predicted octanol–water partition coefficient (Wildman–Crippen LogP) is 5.43. The number of carbonyl (C=O) groups is 3. The van der Waals surface area contributed by atoms with Crippen molar-refractivity contribution in [2.24, 2.45) is 0 Å². The summed E-state index contributed by atoms with van der Waals surface area (Å²) < 4.78 is 15.8. The molecule has 0 aliphatic rings. The van der Waals surface area contributed by atoms with Crippen LogP contribution in [-0.2, 0) is 19.1 Å². The molecule has 8 nitrogen and oxygen atoms in total. The van der Waals surface area contributed by atoms with Crippen LogP contribution in [0.1, 0.15) is 19.3 Å². The van der Waals surface area contributed by atoms with E-state index in [-0.39, 0.29) is 25.2 Å². The number of methoxy groups -OCH3 is 1. The Hall–Kier alpha value is -4.04. The number of carbonyl (C=O) groups excluding carboxylic acids is 3. The number of benzene rings is 3. The van der Waals surface area contributed by atoms with Crippen molar-refractivity contribution in [3.8, 4) is 17.2 Å². The lowest BCUT2D eigenvalue weighted by Crippen LogP contribution is -2.21. The molecule has 0 aliphatic carbocycles. The van der Waals surface area contributed by atoms with Gasteiger partial charge in [-0.2, -0.15) is 0 Å². The first-order chi connectivity index (χ1) is 16.9. The fourth-order valence-corrected chi connectivity index (χ4v) is 3.17. The molecule has 0 radical (unpaired) electrons. The Kier molecular flexibility index (Phi) is 9.50. The predicted molar refractivity (Wildman–Crippen MR) is 133 cm³/mol. The third-order valence-electron chi connectivity index (χ3n) is 4.71. The summed E-state index contributed by atoms with van der Waals surface area (Å²) in [5.74, 6) is 0.448. The second kappa shape index (κ2) is 13.0. The minimum atomic E-state index is -0.556.